The molecule has 6 nitrogen and oxygen atoms in total. The van der Waals surface area contributed by atoms with Crippen molar-refractivity contribution in [2.24, 2.45) is 5.92 Å². The standard InChI is InChI=1S/C11H17N3O3/c1-8(3-5-15)2-4-12-10-7-13-9(6-14-10)11(16)17/h6-8,15H,2-5H2,1H3,(H,12,14)(H,16,17). The van der Waals surface area contributed by atoms with Crippen LogP contribution in [0.4, 0.5) is 5.82 Å². The number of rotatable bonds is 7. The minimum Gasteiger partial charge on any atom is -0.476 e. The minimum absolute atomic E-state index is 0.0656. The molecule has 0 amide bonds. The molecule has 0 spiro atoms. The summed E-state index contributed by atoms with van der Waals surface area (Å²) in [4.78, 5) is 18.2. The lowest BCUT2D eigenvalue weighted by Gasteiger charge is -2.10. The summed E-state index contributed by atoms with van der Waals surface area (Å²) in [6.45, 7) is 2.99. The Kier molecular flexibility index (Phi) is 5.35. The summed E-state index contributed by atoms with van der Waals surface area (Å²) in [5.74, 6) is -0.0782. The molecule has 0 radical (unpaired) electrons. The van der Waals surface area contributed by atoms with Gasteiger partial charge in [-0.3, -0.25) is 0 Å². The number of aliphatic hydroxyl groups excluding tert-OH is 1. The van der Waals surface area contributed by atoms with Gasteiger partial charge >= 0.3 is 5.97 Å². The second kappa shape index (κ2) is 6.80. The number of aromatic nitrogens is 2. The van der Waals surface area contributed by atoms with Crippen LogP contribution in [-0.4, -0.2) is 39.3 Å². The van der Waals surface area contributed by atoms with Gasteiger partial charge in [0.1, 0.15) is 5.82 Å². The smallest absolute Gasteiger partial charge is 0.356 e. The Bertz CT molecular complexity index is 353. The lowest BCUT2D eigenvalue weighted by atomic mass is 10.1. The third-order valence-electron chi connectivity index (χ3n) is 2.44. The van der Waals surface area contributed by atoms with Crippen molar-refractivity contribution in [3.05, 3.63) is 18.1 Å². The second-order valence-corrected chi connectivity index (χ2v) is 3.92. The molecule has 1 atom stereocenters. The molecular weight excluding hydrogens is 222 g/mol. The van der Waals surface area contributed by atoms with E-state index in [1.165, 1.54) is 12.4 Å². The predicted octanol–water partition coefficient (Wildman–Crippen LogP) is 0.995. The Hall–Kier alpha value is -1.69. The molecule has 1 aromatic rings. The van der Waals surface area contributed by atoms with Crippen molar-refractivity contribution in [1.82, 2.24) is 9.97 Å². The van der Waals surface area contributed by atoms with Gasteiger partial charge in [-0.05, 0) is 18.8 Å². The molecule has 3 N–H and O–H groups in total. The number of hydrogen-bond acceptors (Lipinski definition) is 5. The van der Waals surface area contributed by atoms with E-state index in [1.54, 1.807) is 0 Å². The molecule has 0 aliphatic rings. The van der Waals surface area contributed by atoms with Crippen molar-refractivity contribution in [2.75, 3.05) is 18.5 Å². The maximum absolute atomic E-state index is 10.5. The molecule has 0 aliphatic carbocycles. The molecule has 17 heavy (non-hydrogen) atoms. The zero-order valence-corrected chi connectivity index (χ0v) is 9.76. The Morgan fingerprint density at radius 1 is 1.41 bits per heavy atom. The molecule has 0 bridgehead atoms. The van der Waals surface area contributed by atoms with E-state index in [2.05, 4.69) is 22.2 Å². The first kappa shape index (κ1) is 13.4. The van der Waals surface area contributed by atoms with Crippen LogP contribution >= 0.6 is 0 Å². The van der Waals surface area contributed by atoms with Crippen LogP contribution in [0.1, 0.15) is 30.3 Å². The number of nitrogens with one attached hydrogen (secondary N) is 1. The van der Waals surface area contributed by atoms with Crippen LogP contribution in [0.3, 0.4) is 0 Å². The van der Waals surface area contributed by atoms with Crippen molar-refractivity contribution >= 4 is 11.8 Å². The average Bonchev–Trinajstić information content (AvgIpc) is 2.30. The number of aliphatic hydroxyl groups is 1. The minimum atomic E-state index is -1.08. The fraction of sp³-hybridized carbons (Fsp3) is 0.545. The molecule has 0 aliphatic heterocycles. The van der Waals surface area contributed by atoms with Gasteiger partial charge in [0.2, 0.25) is 0 Å². The number of carboxylic acids is 1. The van der Waals surface area contributed by atoms with Crippen molar-refractivity contribution < 1.29 is 15.0 Å². The first-order valence-electron chi connectivity index (χ1n) is 5.53. The van der Waals surface area contributed by atoms with Crippen molar-refractivity contribution in [3.63, 3.8) is 0 Å². The summed E-state index contributed by atoms with van der Waals surface area (Å²) >= 11 is 0. The monoisotopic (exact) mass is 239 g/mol. The predicted molar refractivity (Wildman–Crippen MR) is 63.0 cm³/mol. The third-order valence-corrected chi connectivity index (χ3v) is 2.44. The van der Waals surface area contributed by atoms with Crippen LogP contribution in [0.2, 0.25) is 0 Å². The van der Waals surface area contributed by atoms with Gasteiger partial charge < -0.3 is 15.5 Å². The van der Waals surface area contributed by atoms with Crippen LogP contribution in [0, 0.1) is 5.92 Å². The Morgan fingerprint density at radius 3 is 2.71 bits per heavy atom. The molecule has 1 unspecified atom stereocenters. The molecule has 0 fully saturated rings. The number of hydrogen-bond donors (Lipinski definition) is 3. The zero-order valence-electron chi connectivity index (χ0n) is 9.76. The van der Waals surface area contributed by atoms with Crippen molar-refractivity contribution in [3.8, 4) is 0 Å². The average molecular weight is 239 g/mol. The molecule has 0 aromatic carbocycles. The maximum atomic E-state index is 10.5. The lowest BCUT2D eigenvalue weighted by Crippen LogP contribution is -2.10. The highest BCUT2D eigenvalue weighted by atomic mass is 16.4. The number of carbonyl (C=O) groups is 1. The van der Waals surface area contributed by atoms with Gasteiger partial charge in [-0.1, -0.05) is 6.92 Å². The molecular formula is C11H17N3O3. The van der Waals surface area contributed by atoms with Gasteiger partial charge in [0, 0.05) is 13.2 Å². The topological polar surface area (TPSA) is 95.3 Å². The van der Waals surface area contributed by atoms with Gasteiger partial charge in [-0.25, -0.2) is 14.8 Å². The first-order valence-corrected chi connectivity index (χ1v) is 5.53. The fourth-order valence-electron chi connectivity index (χ4n) is 1.34. The Labute approximate surface area is 99.7 Å². The van der Waals surface area contributed by atoms with E-state index in [0.717, 1.165) is 19.4 Å². The highest BCUT2D eigenvalue weighted by Gasteiger charge is 2.05. The third kappa shape index (κ3) is 4.78. The van der Waals surface area contributed by atoms with Gasteiger partial charge in [-0.15, -0.1) is 0 Å². The molecule has 0 saturated carbocycles. The molecule has 94 valence electrons. The number of nitrogens with zero attached hydrogens (tertiary/aromatic N) is 2. The first-order chi connectivity index (χ1) is 8.13. The quantitative estimate of drug-likeness (QED) is 0.657. The number of aromatic carboxylic acids is 1. The summed E-state index contributed by atoms with van der Waals surface area (Å²) in [6.07, 6.45) is 4.33. The SMILES string of the molecule is CC(CCO)CCNc1cnc(C(=O)O)cn1. The Balaban J connectivity index is 2.34. The van der Waals surface area contributed by atoms with E-state index in [4.69, 9.17) is 10.2 Å². The molecule has 1 aromatic heterocycles. The van der Waals surface area contributed by atoms with Crippen molar-refractivity contribution in [2.45, 2.75) is 19.8 Å². The summed E-state index contributed by atoms with van der Waals surface area (Å²) in [5.41, 5.74) is -0.0656. The Morgan fingerprint density at radius 2 is 2.18 bits per heavy atom. The van der Waals surface area contributed by atoms with Crippen molar-refractivity contribution in [1.29, 1.82) is 0 Å². The maximum Gasteiger partial charge on any atom is 0.356 e. The van der Waals surface area contributed by atoms with Crippen LogP contribution in [-0.2, 0) is 0 Å². The molecule has 1 rings (SSSR count). The summed E-state index contributed by atoms with van der Waals surface area (Å²) < 4.78 is 0. The van der Waals surface area contributed by atoms with Gasteiger partial charge in [0.15, 0.2) is 5.69 Å². The zero-order chi connectivity index (χ0) is 12.7. The van der Waals surface area contributed by atoms with E-state index < -0.39 is 5.97 Å². The molecule has 1 heterocycles. The highest BCUT2D eigenvalue weighted by Crippen LogP contribution is 2.07. The van der Waals surface area contributed by atoms with Gasteiger partial charge in [-0.2, -0.15) is 0 Å². The summed E-state index contributed by atoms with van der Waals surface area (Å²) in [5, 5.41) is 20.4. The normalized spacial score (nSPS) is 12.1. The van der Waals surface area contributed by atoms with E-state index in [1.807, 2.05) is 0 Å². The van der Waals surface area contributed by atoms with Crippen LogP contribution in [0.5, 0.6) is 0 Å². The summed E-state index contributed by atoms with van der Waals surface area (Å²) in [6, 6.07) is 0. The van der Waals surface area contributed by atoms with Gasteiger partial charge in [0.05, 0.1) is 12.4 Å². The highest BCUT2D eigenvalue weighted by molar-refractivity contribution is 5.84. The molecule has 0 saturated heterocycles. The van der Waals surface area contributed by atoms with E-state index in [9.17, 15) is 4.79 Å². The molecule has 6 heteroatoms. The lowest BCUT2D eigenvalue weighted by molar-refractivity contribution is 0.0690. The summed E-state index contributed by atoms with van der Waals surface area (Å²) in [7, 11) is 0. The van der Waals surface area contributed by atoms with Gasteiger partial charge in [0.25, 0.3) is 0 Å². The van der Waals surface area contributed by atoms with E-state index in [-0.39, 0.29) is 12.3 Å². The largest absolute Gasteiger partial charge is 0.476 e. The van der Waals surface area contributed by atoms with Crippen LogP contribution < -0.4 is 5.32 Å². The van der Waals surface area contributed by atoms with Crippen LogP contribution in [0.15, 0.2) is 12.4 Å². The van der Waals surface area contributed by atoms with E-state index >= 15 is 0 Å². The number of anilines is 1. The fourth-order valence-corrected chi connectivity index (χ4v) is 1.34. The van der Waals surface area contributed by atoms with E-state index in [0.29, 0.717) is 11.7 Å². The van der Waals surface area contributed by atoms with Crippen LogP contribution in [0.25, 0.3) is 0 Å². The second-order valence-electron chi connectivity index (χ2n) is 3.92. The number of carboxylic acid groups (broad SMARTS) is 1.